The van der Waals surface area contributed by atoms with Crippen molar-refractivity contribution < 1.29 is 4.79 Å². The van der Waals surface area contributed by atoms with Crippen LogP contribution >= 0.6 is 15.9 Å². The average molecular weight is 321 g/mol. The Morgan fingerprint density at radius 3 is 2.74 bits per heavy atom. The number of hydrogen-bond donors (Lipinski definition) is 0. The number of ketones is 1. The third kappa shape index (κ3) is 2.59. The van der Waals surface area contributed by atoms with Gasteiger partial charge in [0.15, 0.2) is 0 Å². The van der Waals surface area contributed by atoms with E-state index in [1.807, 2.05) is 12.1 Å². The van der Waals surface area contributed by atoms with Gasteiger partial charge in [-0.2, -0.15) is 5.10 Å². The molecule has 0 bridgehead atoms. The Balaban J connectivity index is 1.80. The number of fused-ring (bicyclic) bond motifs is 1. The summed E-state index contributed by atoms with van der Waals surface area (Å²) >= 11 is 3.47. The summed E-state index contributed by atoms with van der Waals surface area (Å²) in [5.74, 6) is 0.614. The van der Waals surface area contributed by atoms with E-state index in [0.717, 1.165) is 35.7 Å². The lowest BCUT2D eigenvalue weighted by Crippen LogP contribution is -2.22. The van der Waals surface area contributed by atoms with Crippen LogP contribution in [0.15, 0.2) is 28.9 Å². The maximum absolute atomic E-state index is 11.4. The molecule has 3 nitrogen and oxygen atoms in total. The van der Waals surface area contributed by atoms with Crippen LogP contribution in [0.3, 0.4) is 0 Å². The third-order valence-corrected chi connectivity index (χ3v) is 4.63. The van der Waals surface area contributed by atoms with Crippen LogP contribution in [0.1, 0.15) is 38.6 Å². The zero-order valence-corrected chi connectivity index (χ0v) is 12.6. The summed E-state index contributed by atoms with van der Waals surface area (Å²) in [6.45, 7) is 1.71. The van der Waals surface area contributed by atoms with E-state index in [1.54, 1.807) is 6.92 Å². The zero-order chi connectivity index (χ0) is 13.4. The Kier molecular flexibility index (Phi) is 3.44. The summed E-state index contributed by atoms with van der Waals surface area (Å²) in [6, 6.07) is 6.62. The Morgan fingerprint density at radius 1 is 1.32 bits per heavy atom. The molecule has 0 spiro atoms. The van der Waals surface area contributed by atoms with Gasteiger partial charge in [-0.3, -0.25) is 9.48 Å². The van der Waals surface area contributed by atoms with E-state index in [2.05, 4.69) is 38.0 Å². The predicted octanol–water partition coefficient (Wildman–Crippen LogP) is 4.12. The highest BCUT2D eigenvalue weighted by Gasteiger charge is 2.25. The molecule has 0 N–H and O–H groups in total. The molecule has 0 amide bonds. The topological polar surface area (TPSA) is 34.9 Å². The van der Waals surface area contributed by atoms with Crippen LogP contribution < -0.4 is 0 Å². The molecule has 4 heteroatoms. The molecule has 0 atom stereocenters. The number of carbonyl (C=O) groups is 1. The van der Waals surface area contributed by atoms with Gasteiger partial charge in [-0.15, -0.1) is 0 Å². The van der Waals surface area contributed by atoms with Crippen molar-refractivity contribution in [3.8, 4) is 0 Å². The molecule has 3 rings (SSSR count). The Labute approximate surface area is 121 Å². The van der Waals surface area contributed by atoms with Gasteiger partial charge in [0, 0.05) is 22.0 Å². The number of aromatic nitrogens is 2. The van der Waals surface area contributed by atoms with Gasteiger partial charge in [0.05, 0.1) is 11.6 Å². The lowest BCUT2D eigenvalue weighted by Gasteiger charge is -2.27. The maximum atomic E-state index is 11.4. The van der Waals surface area contributed by atoms with Crippen LogP contribution in [0, 0.1) is 5.92 Å². The molecule has 1 heterocycles. The molecule has 1 aromatic heterocycles. The van der Waals surface area contributed by atoms with Gasteiger partial charge >= 0.3 is 0 Å². The Hall–Kier alpha value is -1.16. The molecule has 1 aromatic carbocycles. The van der Waals surface area contributed by atoms with Gasteiger partial charge in [-0.1, -0.05) is 22.0 Å². The quantitative estimate of drug-likeness (QED) is 0.834. The van der Waals surface area contributed by atoms with Gasteiger partial charge in [0.25, 0.3) is 0 Å². The molecule has 2 aromatic rings. The van der Waals surface area contributed by atoms with E-state index < -0.39 is 0 Å². The van der Waals surface area contributed by atoms with Crippen LogP contribution in [0.2, 0.25) is 0 Å². The minimum absolute atomic E-state index is 0.273. The monoisotopic (exact) mass is 320 g/mol. The van der Waals surface area contributed by atoms with Crippen LogP contribution in [-0.4, -0.2) is 15.6 Å². The normalized spacial score (nSPS) is 23.7. The zero-order valence-electron chi connectivity index (χ0n) is 11.0. The van der Waals surface area contributed by atoms with Crippen molar-refractivity contribution in [2.45, 2.75) is 38.6 Å². The van der Waals surface area contributed by atoms with Gasteiger partial charge in [0.2, 0.25) is 0 Å². The fourth-order valence-corrected chi connectivity index (χ4v) is 3.29. The molecule has 1 aliphatic carbocycles. The van der Waals surface area contributed by atoms with E-state index in [0.29, 0.717) is 11.8 Å². The summed E-state index contributed by atoms with van der Waals surface area (Å²) in [5, 5.41) is 5.85. The highest BCUT2D eigenvalue weighted by molar-refractivity contribution is 9.10. The molecular weight excluding hydrogens is 304 g/mol. The number of nitrogens with zero attached hydrogens (tertiary/aromatic N) is 2. The summed E-state index contributed by atoms with van der Waals surface area (Å²) in [6.07, 6.45) is 6.24. The second-order valence-corrected chi connectivity index (χ2v) is 6.34. The van der Waals surface area contributed by atoms with E-state index >= 15 is 0 Å². The van der Waals surface area contributed by atoms with Crippen molar-refractivity contribution in [2.75, 3.05) is 0 Å². The number of hydrogen-bond acceptors (Lipinski definition) is 2. The summed E-state index contributed by atoms with van der Waals surface area (Å²) in [5.41, 5.74) is 1.03. The van der Waals surface area contributed by atoms with E-state index in [1.165, 1.54) is 5.39 Å². The fourth-order valence-electron chi connectivity index (χ4n) is 2.94. The molecule has 0 unspecified atom stereocenters. The van der Waals surface area contributed by atoms with Crippen LogP contribution in [0.25, 0.3) is 10.9 Å². The molecule has 1 fully saturated rings. The van der Waals surface area contributed by atoms with E-state index in [9.17, 15) is 4.79 Å². The summed E-state index contributed by atoms with van der Waals surface area (Å²) < 4.78 is 3.15. The first kappa shape index (κ1) is 12.9. The highest BCUT2D eigenvalue weighted by atomic mass is 79.9. The van der Waals surface area contributed by atoms with Crippen LogP contribution in [0.4, 0.5) is 0 Å². The third-order valence-electron chi connectivity index (χ3n) is 4.13. The van der Waals surface area contributed by atoms with Crippen molar-refractivity contribution in [1.82, 2.24) is 9.78 Å². The number of carbonyl (C=O) groups excluding carboxylic acids is 1. The molecular formula is C15H17BrN2O. The molecule has 0 radical (unpaired) electrons. The first-order valence-corrected chi connectivity index (χ1v) is 7.57. The van der Waals surface area contributed by atoms with Gasteiger partial charge in [-0.05, 0) is 44.7 Å². The van der Waals surface area contributed by atoms with Gasteiger partial charge < -0.3 is 0 Å². The van der Waals surface area contributed by atoms with E-state index in [-0.39, 0.29) is 5.92 Å². The Bertz CT molecular complexity index is 612. The van der Waals surface area contributed by atoms with Crippen molar-refractivity contribution in [1.29, 1.82) is 0 Å². The Morgan fingerprint density at radius 2 is 2.05 bits per heavy atom. The summed E-state index contributed by atoms with van der Waals surface area (Å²) in [7, 11) is 0. The van der Waals surface area contributed by atoms with E-state index in [4.69, 9.17) is 0 Å². The number of benzene rings is 1. The second-order valence-electron chi connectivity index (χ2n) is 5.43. The van der Waals surface area contributed by atoms with Crippen molar-refractivity contribution in [2.24, 2.45) is 5.92 Å². The maximum Gasteiger partial charge on any atom is 0.132 e. The fraction of sp³-hybridized carbons (Fsp3) is 0.467. The van der Waals surface area contributed by atoms with Crippen molar-refractivity contribution in [3.05, 3.63) is 28.9 Å². The van der Waals surface area contributed by atoms with Gasteiger partial charge in [-0.25, -0.2) is 0 Å². The lowest BCUT2D eigenvalue weighted by molar-refractivity contribution is -0.121. The van der Waals surface area contributed by atoms with Crippen LogP contribution in [0.5, 0.6) is 0 Å². The SMILES string of the molecule is CC(=O)[C@H]1CC[C@H](n2cc3ccc(Br)cc3n2)CC1. The first-order chi connectivity index (χ1) is 9.13. The lowest BCUT2D eigenvalue weighted by atomic mass is 9.84. The molecule has 19 heavy (non-hydrogen) atoms. The van der Waals surface area contributed by atoms with Crippen LogP contribution in [-0.2, 0) is 4.79 Å². The minimum Gasteiger partial charge on any atom is -0.300 e. The average Bonchev–Trinajstić information content (AvgIpc) is 2.81. The molecule has 0 aliphatic heterocycles. The number of halogens is 1. The number of rotatable bonds is 2. The highest BCUT2D eigenvalue weighted by Crippen LogP contribution is 2.33. The first-order valence-electron chi connectivity index (χ1n) is 6.78. The largest absolute Gasteiger partial charge is 0.300 e. The standard InChI is InChI=1S/C15H17BrN2O/c1-10(19)11-3-6-14(7-4-11)18-9-12-2-5-13(16)8-15(12)17-18/h2,5,8-9,11,14H,3-4,6-7H2,1H3/t11-,14-. The number of Topliss-reactive ketones (excluding diaryl/α,β-unsaturated/α-hetero) is 1. The smallest absolute Gasteiger partial charge is 0.132 e. The second kappa shape index (κ2) is 5.08. The molecule has 1 saturated carbocycles. The van der Waals surface area contributed by atoms with Crippen molar-refractivity contribution >= 4 is 32.6 Å². The van der Waals surface area contributed by atoms with Crippen molar-refractivity contribution in [3.63, 3.8) is 0 Å². The molecule has 0 saturated heterocycles. The molecule has 100 valence electrons. The predicted molar refractivity (Wildman–Crippen MR) is 79.1 cm³/mol. The summed E-state index contributed by atoms with van der Waals surface area (Å²) in [4.78, 5) is 11.4. The minimum atomic E-state index is 0.273. The molecule has 1 aliphatic rings. The van der Waals surface area contributed by atoms with Gasteiger partial charge in [0.1, 0.15) is 5.78 Å².